The predicted molar refractivity (Wildman–Crippen MR) is 72.3 cm³/mol. The van der Waals surface area contributed by atoms with Gasteiger partial charge in [0.15, 0.2) is 0 Å². The van der Waals surface area contributed by atoms with Gasteiger partial charge in [0, 0.05) is 24.0 Å². The van der Waals surface area contributed by atoms with E-state index in [2.05, 4.69) is 10.3 Å². The van der Waals surface area contributed by atoms with Gasteiger partial charge in [-0.25, -0.2) is 0 Å². The van der Waals surface area contributed by atoms with E-state index in [1.807, 2.05) is 24.3 Å². The van der Waals surface area contributed by atoms with Crippen LogP contribution in [0.25, 0.3) is 0 Å². The predicted octanol–water partition coefficient (Wildman–Crippen LogP) is 2.52. The van der Waals surface area contributed by atoms with Gasteiger partial charge in [0.1, 0.15) is 0 Å². The lowest BCUT2D eigenvalue weighted by Gasteiger charge is -2.05. The zero-order valence-corrected chi connectivity index (χ0v) is 10.3. The van der Waals surface area contributed by atoms with Crippen molar-refractivity contribution in [2.45, 2.75) is 12.8 Å². The summed E-state index contributed by atoms with van der Waals surface area (Å²) in [7, 11) is 0. The van der Waals surface area contributed by atoms with Gasteiger partial charge in [-0.1, -0.05) is 12.1 Å². The minimum atomic E-state index is -0.0826. The molecule has 0 radical (unpaired) electrons. The fourth-order valence-electron chi connectivity index (χ4n) is 1.68. The van der Waals surface area contributed by atoms with Gasteiger partial charge in [0.2, 0.25) is 5.91 Å². The summed E-state index contributed by atoms with van der Waals surface area (Å²) in [6.07, 6.45) is 2.68. The van der Waals surface area contributed by atoms with Crippen molar-refractivity contribution in [1.29, 1.82) is 5.26 Å². The molecule has 0 aliphatic carbocycles. The molecule has 0 saturated heterocycles. The molecule has 0 spiro atoms. The van der Waals surface area contributed by atoms with E-state index in [0.29, 0.717) is 24.1 Å². The fraction of sp³-hybridized carbons (Fsp3) is 0.133. The van der Waals surface area contributed by atoms with E-state index >= 15 is 0 Å². The molecule has 2 aromatic rings. The topological polar surface area (TPSA) is 65.8 Å². The molecule has 4 nitrogen and oxygen atoms in total. The van der Waals surface area contributed by atoms with E-state index in [-0.39, 0.29) is 5.91 Å². The zero-order chi connectivity index (χ0) is 13.5. The number of nitriles is 1. The van der Waals surface area contributed by atoms with Crippen molar-refractivity contribution in [3.63, 3.8) is 0 Å². The van der Waals surface area contributed by atoms with Crippen molar-refractivity contribution in [3.05, 3.63) is 59.9 Å². The Bertz CT molecular complexity index is 602. The van der Waals surface area contributed by atoms with Crippen LogP contribution < -0.4 is 5.32 Å². The van der Waals surface area contributed by atoms with Gasteiger partial charge in [-0.05, 0) is 36.8 Å². The maximum absolute atomic E-state index is 11.8. The van der Waals surface area contributed by atoms with Gasteiger partial charge in [-0.15, -0.1) is 0 Å². The summed E-state index contributed by atoms with van der Waals surface area (Å²) in [6.45, 7) is 0. The van der Waals surface area contributed by atoms with Crippen LogP contribution in [0, 0.1) is 11.3 Å². The highest BCUT2D eigenvalue weighted by Crippen LogP contribution is 2.10. The lowest BCUT2D eigenvalue weighted by molar-refractivity contribution is -0.116. The van der Waals surface area contributed by atoms with Gasteiger partial charge in [-0.2, -0.15) is 5.26 Å². The molecule has 0 fully saturated rings. The third-order valence-corrected chi connectivity index (χ3v) is 2.61. The van der Waals surface area contributed by atoms with Crippen LogP contribution in [0.1, 0.15) is 17.7 Å². The van der Waals surface area contributed by atoms with Gasteiger partial charge in [0.25, 0.3) is 0 Å². The van der Waals surface area contributed by atoms with Crippen LogP contribution in [0.4, 0.5) is 5.69 Å². The molecule has 0 bridgehead atoms. The summed E-state index contributed by atoms with van der Waals surface area (Å²) in [5.41, 5.74) is 2.07. The average Bonchev–Trinajstić information content (AvgIpc) is 2.46. The van der Waals surface area contributed by atoms with Crippen LogP contribution in [0.15, 0.2) is 48.7 Å². The van der Waals surface area contributed by atoms with Crippen molar-refractivity contribution in [2.24, 2.45) is 0 Å². The molecule has 1 aromatic carbocycles. The van der Waals surface area contributed by atoms with Gasteiger partial charge < -0.3 is 5.32 Å². The number of anilines is 1. The molecule has 0 aliphatic rings. The molecule has 94 valence electrons. The molecule has 2 rings (SSSR count). The Balaban J connectivity index is 1.89. The number of aromatic nitrogens is 1. The first-order valence-corrected chi connectivity index (χ1v) is 5.98. The number of carbonyl (C=O) groups excluding carboxylic acids is 1. The SMILES string of the molecule is N#Cc1cccc(NC(=O)CCc2ccccn2)c1. The third kappa shape index (κ3) is 3.93. The summed E-state index contributed by atoms with van der Waals surface area (Å²) in [6, 6.07) is 14.5. The minimum absolute atomic E-state index is 0.0826. The second-order valence-corrected chi connectivity index (χ2v) is 4.06. The van der Waals surface area contributed by atoms with Crippen LogP contribution in [-0.4, -0.2) is 10.9 Å². The second-order valence-electron chi connectivity index (χ2n) is 4.06. The molecule has 1 heterocycles. The van der Waals surface area contributed by atoms with Crippen molar-refractivity contribution in [1.82, 2.24) is 4.98 Å². The Morgan fingerprint density at radius 1 is 1.26 bits per heavy atom. The molecule has 1 amide bonds. The first kappa shape index (κ1) is 12.8. The van der Waals surface area contributed by atoms with Crippen molar-refractivity contribution in [3.8, 4) is 6.07 Å². The molecule has 0 saturated carbocycles. The Hall–Kier alpha value is -2.67. The minimum Gasteiger partial charge on any atom is -0.326 e. The summed E-state index contributed by atoms with van der Waals surface area (Å²) in [4.78, 5) is 15.9. The standard InChI is InChI=1S/C15H13N3O/c16-11-12-4-3-6-14(10-12)18-15(19)8-7-13-5-1-2-9-17-13/h1-6,9-10H,7-8H2,(H,18,19). The summed E-state index contributed by atoms with van der Waals surface area (Å²) in [5, 5.41) is 11.5. The Labute approximate surface area is 111 Å². The van der Waals surface area contributed by atoms with Crippen molar-refractivity contribution < 1.29 is 4.79 Å². The molecule has 4 heteroatoms. The first-order chi connectivity index (χ1) is 9.28. The molecule has 0 unspecified atom stereocenters. The highest BCUT2D eigenvalue weighted by atomic mass is 16.1. The smallest absolute Gasteiger partial charge is 0.224 e. The normalized spacial score (nSPS) is 9.63. The maximum atomic E-state index is 11.8. The van der Waals surface area contributed by atoms with E-state index in [1.165, 1.54) is 0 Å². The lowest BCUT2D eigenvalue weighted by atomic mass is 10.2. The van der Waals surface area contributed by atoms with Crippen molar-refractivity contribution >= 4 is 11.6 Å². The number of rotatable bonds is 4. The molecule has 1 aromatic heterocycles. The average molecular weight is 251 g/mol. The highest BCUT2D eigenvalue weighted by molar-refractivity contribution is 5.90. The van der Waals surface area contributed by atoms with E-state index < -0.39 is 0 Å². The van der Waals surface area contributed by atoms with Crippen LogP contribution in [-0.2, 0) is 11.2 Å². The number of nitrogens with zero attached hydrogens (tertiary/aromatic N) is 2. The molecule has 19 heavy (non-hydrogen) atoms. The number of nitrogens with one attached hydrogen (secondary N) is 1. The largest absolute Gasteiger partial charge is 0.326 e. The molecular formula is C15H13N3O. The summed E-state index contributed by atoms with van der Waals surface area (Å²) >= 11 is 0. The number of carbonyl (C=O) groups is 1. The highest BCUT2D eigenvalue weighted by Gasteiger charge is 2.04. The molecular weight excluding hydrogens is 238 g/mol. The molecule has 0 atom stereocenters. The van der Waals surface area contributed by atoms with E-state index in [1.54, 1.807) is 30.5 Å². The van der Waals surface area contributed by atoms with Crippen LogP contribution in [0.3, 0.4) is 0 Å². The Morgan fingerprint density at radius 2 is 2.16 bits per heavy atom. The number of aryl methyl sites for hydroxylation is 1. The number of hydrogen-bond donors (Lipinski definition) is 1. The monoisotopic (exact) mass is 251 g/mol. The molecule has 0 aliphatic heterocycles. The number of pyridine rings is 1. The fourth-order valence-corrected chi connectivity index (χ4v) is 1.68. The van der Waals surface area contributed by atoms with E-state index in [9.17, 15) is 4.79 Å². The van der Waals surface area contributed by atoms with Crippen LogP contribution in [0.2, 0.25) is 0 Å². The third-order valence-electron chi connectivity index (χ3n) is 2.61. The van der Waals surface area contributed by atoms with Gasteiger partial charge >= 0.3 is 0 Å². The van der Waals surface area contributed by atoms with E-state index in [4.69, 9.17) is 5.26 Å². The Kier molecular flexibility index (Phi) is 4.25. The quantitative estimate of drug-likeness (QED) is 0.908. The first-order valence-electron chi connectivity index (χ1n) is 5.98. The lowest BCUT2D eigenvalue weighted by Crippen LogP contribution is -2.12. The van der Waals surface area contributed by atoms with Gasteiger partial charge in [-0.3, -0.25) is 9.78 Å². The number of amides is 1. The summed E-state index contributed by atoms with van der Waals surface area (Å²) in [5.74, 6) is -0.0826. The van der Waals surface area contributed by atoms with Crippen LogP contribution in [0.5, 0.6) is 0 Å². The zero-order valence-electron chi connectivity index (χ0n) is 10.3. The number of benzene rings is 1. The number of hydrogen-bond acceptors (Lipinski definition) is 3. The second kappa shape index (κ2) is 6.31. The maximum Gasteiger partial charge on any atom is 0.224 e. The Morgan fingerprint density at radius 3 is 2.89 bits per heavy atom. The van der Waals surface area contributed by atoms with Crippen molar-refractivity contribution in [2.75, 3.05) is 5.32 Å². The van der Waals surface area contributed by atoms with Gasteiger partial charge in [0.05, 0.1) is 11.6 Å². The molecule has 1 N–H and O–H groups in total. The van der Waals surface area contributed by atoms with Crippen LogP contribution >= 0.6 is 0 Å². The summed E-state index contributed by atoms with van der Waals surface area (Å²) < 4.78 is 0. The van der Waals surface area contributed by atoms with E-state index in [0.717, 1.165) is 5.69 Å².